The van der Waals surface area contributed by atoms with Gasteiger partial charge in [-0.1, -0.05) is 0 Å². The molecule has 3 rings (SSSR count). The van der Waals surface area contributed by atoms with Crippen molar-refractivity contribution in [1.29, 1.82) is 0 Å². The van der Waals surface area contributed by atoms with E-state index in [0.717, 1.165) is 0 Å². The van der Waals surface area contributed by atoms with Crippen LogP contribution in [0.5, 0.6) is 5.75 Å². The lowest BCUT2D eigenvalue weighted by Crippen LogP contribution is -2.51. The molecule has 0 saturated carbocycles. The maximum absolute atomic E-state index is 12.7. The summed E-state index contributed by atoms with van der Waals surface area (Å²) in [4.78, 5) is 28.1. The molecule has 2 amide bonds. The van der Waals surface area contributed by atoms with Gasteiger partial charge in [-0.15, -0.1) is 0 Å². The number of nitrogens with zero attached hydrogens (tertiary/aromatic N) is 2. The maximum atomic E-state index is 12.7. The van der Waals surface area contributed by atoms with Crippen molar-refractivity contribution in [2.45, 2.75) is 12.5 Å². The fourth-order valence-corrected chi connectivity index (χ4v) is 3.49. The van der Waals surface area contributed by atoms with Crippen LogP contribution < -0.4 is 9.46 Å². The molecule has 0 bridgehead atoms. The standard InChI is InChI=1S/C17H23N3O7S/c1-25-15-10-12(2-3-14(15)18-28(23)24)16(21)19-5-7-20(8-6-19)17(22)27-13-4-9-26-11-13/h2-3,10,13,28H,4-9,11H2,1H3,(H,18,23,24). The average Bonchev–Trinajstić information content (AvgIpc) is 3.20. The van der Waals surface area contributed by atoms with Crippen LogP contribution in [0.25, 0.3) is 0 Å². The highest BCUT2D eigenvalue weighted by Crippen LogP contribution is 2.26. The van der Waals surface area contributed by atoms with Crippen molar-refractivity contribution in [2.75, 3.05) is 51.2 Å². The van der Waals surface area contributed by atoms with Gasteiger partial charge < -0.3 is 24.0 Å². The van der Waals surface area contributed by atoms with E-state index in [0.29, 0.717) is 51.4 Å². The number of hydrogen-bond donors (Lipinski definition) is 2. The molecule has 2 aliphatic heterocycles. The van der Waals surface area contributed by atoms with E-state index in [-0.39, 0.29) is 29.5 Å². The first kappa shape index (κ1) is 20.2. The molecule has 0 aliphatic carbocycles. The van der Waals surface area contributed by atoms with E-state index >= 15 is 0 Å². The lowest BCUT2D eigenvalue weighted by atomic mass is 10.1. The predicted molar refractivity (Wildman–Crippen MR) is 100 cm³/mol. The molecule has 1 atom stereocenters. The van der Waals surface area contributed by atoms with E-state index < -0.39 is 10.9 Å². The van der Waals surface area contributed by atoms with Crippen molar-refractivity contribution in [3.63, 3.8) is 0 Å². The molecule has 2 saturated heterocycles. The first-order valence-electron chi connectivity index (χ1n) is 8.89. The SMILES string of the molecule is COc1cc(C(=O)N2CCN(C(=O)OC3CCOC3)CC2)ccc1N[SH](=O)=O. The largest absolute Gasteiger partial charge is 0.495 e. The molecule has 0 aromatic heterocycles. The molecule has 10 nitrogen and oxygen atoms in total. The summed E-state index contributed by atoms with van der Waals surface area (Å²) in [6.45, 7) is 2.55. The topological polar surface area (TPSA) is 114 Å². The van der Waals surface area contributed by atoms with Gasteiger partial charge in [0.1, 0.15) is 11.9 Å². The van der Waals surface area contributed by atoms with E-state index in [1.165, 1.54) is 25.3 Å². The molecular formula is C17H23N3O7S. The maximum Gasteiger partial charge on any atom is 0.410 e. The summed E-state index contributed by atoms with van der Waals surface area (Å²) in [6, 6.07) is 4.51. The van der Waals surface area contributed by atoms with Crippen LogP contribution in [0.4, 0.5) is 10.5 Å². The zero-order valence-corrected chi connectivity index (χ0v) is 16.4. The zero-order valence-electron chi connectivity index (χ0n) is 15.5. The Bertz CT molecular complexity index is 792. The second-order valence-corrected chi connectivity index (χ2v) is 7.17. The molecule has 2 heterocycles. The van der Waals surface area contributed by atoms with E-state index in [1.807, 2.05) is 0 Å². The first-order valence-corrected chi connectivity index (χ1v) is 10.1. The summed E-state index contributed by atoms with van der Waals surface area (Å²) in [6.07, 6.45) is 0.125. The Balaban J connectivity index is 1.58. The van der Waals surface area contributed by atoms with Gasteiger partial charge in [-0.25, -0.2) is 13.2 Å². The van der Waals surface area contributed by atoms with E-state index in [2.05, 4.69) is 4.72 Å². The Labute approximate surface area is 164 Å². The van der Waals surface area contributed by atoms with Crippen LogP contribution >= 0.6 is 0 Å². The summed E-state index contributed by atoms with van der Waals surface area (Å²) in [5.41, 5.74) is 0.640. The molecule has 2 aliphatic rings. The first-order chi connectivity index (χ1) is 13.5. The quantitative estimate of drug-likeness (QED) is 0.668. The van der Waals surface area contributed by atoms with Crippen LogP contribution in [0.2, 0.25) is 0 Å². The Morgan fingerprint density at radius 1 is 1.18 bits per heavy atom. The molecule has 1 aromatic carbocycles. The van der Waals surface area contributed by atoms with Crippen molar-refractivity contribution in [1.82, 2.24) is 9.80 Å². The smallest absolute Gasteiger partial charge is 0.410 e. The molecule has 1 N–H and O–H groups in total. The molecular weight excluding hydrogens is 390 g/mol. The van der Waals surface area contributed by atoms with Gasteiger partial charge in [0.05, 0.1) is 26.0 Å². The highest BCUT2D eigenvalue weighted by Gasteiger charge is 2.28. The van der Waals surface area contributed by atoms with Crippen LogP contribution in [0, 0.1) is 0 Å². The van der Waals surface area contributed by atoms with Gasteiger partial charge in [-0.3, -0.25) is 9.52 Å². The number of carbonyl (C=O) groups excluding carboxylic acids is 2. The Kier molecular flexibility index (Phi) is 6.57. The lowest BCUT2D eigenvalue weighted by molar-refractivity contribution is 0.0370. The van der Waals surface area contributed by atoms with Crippen LogP contribution in [0.1, 0.15) is 16.8 Å². The van der Waals surface area contributed by atoms with Crippen LogP contribution in [-0.4, -0.2) is 82.8 Å². The second-order valence-electron chi connectivity index (χ2n) is 6.43. The van der Waals surface area contributed by atoms with Crippen LogP contribution in [0.15, 0.2) is 18.2 Å². The highest BCUT2D eigenvalue weighted by molar-refractivity contribution is 7.73. The van der Waals surface area contributed by atoms with Crippen molar-refractivity contribution >= 4 is 28.6 Å². The zero-order chi connectivity index (χ0) is 20.1. The number of carbonyl (C=O) groups is 2. The fraction of sp³-hybridized carbons (Fsp3) is 0.529. The van der Waals surface area contributed by atoms with Gasteiger partial charge in [0, 0.05) is 38.2 Å². The monoisotopic (exact) mass is 413 g/mol. The Morgan fingerprint density at radius 2 is 1.89 bits per heavy atom. The molecule has 11 heteroatoms. The normalized spacial score (nSPS) is 19.6. The third kappa shape index (κ3) is 4.84. The van der Waals surface area contributed by atoms with E-state index in [4.69, 9.17) is 14.2 Å². The van der Waals surface area contributed by atoms with Crippen molar-refractivity contribution in [3.8, 4) is 5.75 Å². The van der Waals surface area contributed by atoms with Crippen LogP contribution in [0.3, 0.4) is 0 Å². The molecule has 154 valence electrons. The summed E-state index contributed by atoms with van der Waals surface area (Å²) in [5, 5.41) is 0. The highest BCUT2D eigenvalue weighted by atomic mass is 32.2. The number of benzene rings is 1. The average molecular weight is 413 g/mol. The van der Waals surface area contributed by atoms with Crippen molar-refractivity contribution in [2.24, 2.45) is 0 Å². The number of methoxy groups -OCH3 is 1. The minimum Gasteiger partial charge on any atom is -0.495 e. The summed E-state index contributed by atoms with van der Waals surface area (Å²) in [5.74, 6) is 0.0413. The van der Waals surface area contributed by atoms with Gasteiger partial charge in [-0.2, -0.15) is 0 Å². The van der Waals surface area contributed by atoms with Gasteiger partial charge in [0.15, 0.2) is 0 Å². The molecule has 0 radical (unpaired) electrons. The number of hydrogen-bond acceptors (Lipinski definition) is 7. The van der Waals surface area contributed by atoms with Gasteiger partial charge in [-0.05, 0) is 18.2 Å². The van der Waals surface area contributed by atoms with Crippen molar-refractivity contribution in [3.05, 3.63) is 23.8 Å². The lowest BCUT2D eigenvalue weighted by Gasteiger charge is -2.34. The predicted octanol–water partition coefficient (Wildman–Crippen LogP) is 0.317. The molecule has 0 spiro atoms. The number of piperazine rings is 1. The fourth-order valence-electron chi connectivity index (χ4n) is 3.11. The third-order valence-electron chi connectivity index (χ3n) is 4.64. The summed E-state index contributed by atoms with van der Waals surface area (Å²) < 4.78 is 39.7. The molecule has 2 fully saturated rings. The second kappa shape index (κ2) is 9.11. The summed E-state index contributed by atoms with van der Waals surface area (Å²) >= 11 is 0. The summed E-state index contributed by atoms with van der Waals surface area (Å²) in [7, 11) is -1.44. The Morgan fingerprint density at radius 3 is 2.50 bits per heavy atom. The number of thiol groups is 1. The number of rotatable bonds is 5. The number of ether oxygens (including phenoxy) is 3. The molecule has 1 unspecified atom stereocenters. The van der Waals surface area contributed by atoms with E-state index in [1.54, 1.807) is 9.80 Å². The third-order valence-corrected chi connectivity index (χ3v) is 5.06. The van der Waals surface area contributed by atoms with E-state index in [9.17, 15) is 18.0 Å². The van der Waals surface area contributed by atoms with Gasteiger partial charge in [0.25, 0.3) is 5.91 Å². The minimum atomic E-state index is -2.84. The van der Waals surface area contributed by atoms with Crippen molar-refractivity contribution < 1.29 is 32.2 Å². The minimum absolute atomic E-state index is 0.198. The molecule has 28 heavy (non-hydrogen) atoms. The van der Waals surface area contributed by atoms with Crippen LogP contribution in [-0.2, 0) is 20.4 Å². The molecule has 1 aromatic rings. The number of nitrogens with one attached hydrogen (secondary N) is 1. The number of anilines is 1. The van der Waals surface area contributed by atoms with Gasteiger partial charge >= 0.3 is 6.09 Å². The Hall–Kier alpha value is -2.53. The van der Waals surface area contributed by atoms with Gasteiger partial charge in [0.2, 0.25) is 10.9 Å². The number of amides is 2.